The summed E-state index contributed by atoms with van der Waals surface area (Å²) in [5, 5.41) is 4.67. The van der Waals surface area contributed by atoms with E-state index in [0.717, 1.165) is 24.3 Å². The van der Waals surface area contributed by atoms with Crippen molar-refractivity contribution in [3.8, 4) is 0 Å². The van der Waals surface area contributed by atoms with Crippen molar-refractivity contribution in [2.24, 2.45) is 5.14 Å². The summed E-state index contributed by atoms with van der Waals surface area (Å²) in [4.78, 5) is 10.1. The van der Waals surface area contributed by atoms with E-state index in [4.69, 9.17) is 0 Å². The van der Waals surface area contributed by atoms with Crippen LogP contribution in [0.5, 0.6) is 0 Å². The molecular weight excluding hydrogens is 303 g/mol. The van der Waals surface area contributed by atoms with Crippen LogP contribution in [-0.4, -0.2) is 21.5 Å². The summed E-state index contributed by atoms with van der Waals surface area (Å²) >= 11 is 0. The third-order valence-electron chi connectivity index (χ3n) is 2.18. The Bertz CT molecular complexity index is 555. The van der Waals surface area contributed by atoms with Gasteiger partial charge in [0.15, 0.2) is 0 Å². The van der Waals surface area contributed by atoms with Crippen molar-refractivity contribution in [3.05, 3.63) is 35.4 Å². The fraction of sp³-hybridized carbons (Fsp3) is 0.300. The molecule has 0 bridgehead atoms. The van der Waals surface area contributed by atoms with Crippen LogP contribution in [0.15, 0.2) is 24.3 Å². The van der Waals surface area contributed by atoms with E-state index in [9.17, 15) is 26.4 Å². The maximum Gasteiger partial charge on any atom is 0.416 e. The quantitative estimate of drug-likeness (QED) is 0.795. The fourth-order valence-corrected chi connectivity index (χ4v) is 1.85. The van der Waals surface area contributed by atoms with Gasteiger partial charge in [-0.1, -0.05) is 12.1 Å². The molecule has 0 heterocycles. The van der Waals surface area contributed by atoms with Crippen molar-refractivity contribution < 1.29 is 35.3 Å². The molecule has 20 heavy (non-hydrogen) atoms. The molecule has 1 rings (SSSR count). The molecule has 0 amide bonds. The summed E-state index contributed by atoms with van der Waals surface area (Å²) < 4.78 is 67.6. The van der Waals surface area contributed by atoms with Gasteiger partial charge >= 0.3 is 16.5 Å². The Hall–Kier alpha value is -1.65. The number of ether oxygens (including phenoxy) is 1. The van der Waals surface area contributed by atoms with Crippen molar-refractivity contribution in [2.75, 3.05) is 6.61 Å². The lowest BCUT2D eigenvalue weighted by molar-refractivity contribution is -0.137. The first-order valence-corrected chi connectivity index (χ1v) is 6.54. The Morgan fingerprint density at radius 1 is 1.25 bits per heavy atom. The van der Waals surface area contributed by atoms with Gasteiger partial charge in [0, 0.05) is 0 Å². The normalized spacial score (nSPS) is 13.8. The molecule has 6 nitrogen and oxygen atoms in total. The topological polar surface area (TPSA) is 95.7 Å². The molecule has 112 valence electrons. The zero-order chi connectivity index (χ0) is 15.4. The van der Waals surface area contributed by atoms with Crippen molar-refractivity contribution in [3.63, 3.8) is 0 Å². The van der Waals surface area contributed by atoms with Crippen LogP contribution in [0, 0.1) is 0 Å². The summed E-state index contributed by atoms with van der Waals surface area (Å²) in [7, 11) is -4.36. The Morgan fingerprint density at radius 3 is 2.20 bits per heavy atom. The van der Waals surface area contributed by atoms with Crippen molar-refractivity contribution in [2.45, 2.75) is 12.3 Å². The smallest absolute Gasteiger partial charge is 0.416 e. The molecule has 0 spiro atoms. The molecule has 0 aromatic heterocycles. The number of hydrogen-bond acceptors (Lipinski definition) is 5. The van der Waals surface area contributed by atoms with Crippen LogP contribution in [-0.2, 0) is 30.2 Å². The zero-order valence-electron chi connectivity index (χ0n) is 9.83. The Balaban J connectivity index is 2.99. The van der Waals surface area contributed by atoms with E-state index in [-0.39, 0.29) is 12.0 Å². The lowest BCUT2D eigenvalue weighted by Gasteiger charge is -2.16. The standard InChI is InChI=1S/C10H10F3NO5S/c11-10(12,13)8-3-1-7(2-4-8)9(5-18-6-15)19-20(14,16)17/h1-4,6,9H,5H2,(H2,14,16,17). The molecule has 1 atom stereocenters. The third-order valence-corrected chi connectivity index (χ3v) is 2.68. The molecule has 0 aliphatic carbocycles. The highest BCUT2D eigenvalue weighted by molar-refractivity contribution is 7.84. The van der Waals surface area contributed by atoms with Gasteiger partial charge in [-0.15, -0.1) is 0 Å². The number of nitrogens with two attached hydrogens (primary N) is 1. The molecular formula is C10H10F3NO5S. The van der Waals surface area contributed by atoms with Crippen LogP contribution in [0.2, 0.25) is 0 Å². The average Bonchev–Trinajstić information content (AvgIpc) is 2.32. The number of rotatable bonds is 6. The molecule has 0 radical (unpaired) electrons. The van der Waals surface area contributed by atoms with E-state index < -0.39 is 34.8 Å². The largest absolute Gasteiger partial charge is 0.465 e. The van der Waals surface area contributed by atoms with Gasteiger partial charge in [-0.05, 0) is 17.7 Å². The molecule has 1 unspecified atom stereocenters. The van der Waals surface area contributed by atoms with E-state index in [1.807, 2.05) is 0 Å². The minimum Gasteiger partial charge on any atom is -0.465 e. The van der Waals surface area contributed by atoms with Gasteiger partial charge in [0.2, 0.25) is 0 Å². The van der Waals surface area contributed by atoms with E-state index in [1.54, 1.807) is 0 Å². The lowest BCUT2D eigenvalue weighted by Crippen LogP contribution is -2.22. The highest BCUT2D eigenvalue weighted by Crippen LogP contribution is 2.30. The van der Waals surface area contributed by atoms with Crippen LogP contribution in [0.1, 0.15) is 17.2 Å². The summed E-state index contributed by atoms with van der Waals surface area (Å²) in [5.41, 5.74) is -0.846. The minimum atomic E-state index is -4.52. The van der Waals surface area contributed by atoms with E-state index in [1.165, 1.54) is 0 Å². The Kier molecular flexibility index (Phi) is 5.09. The second-order valence-corrected chi connectivity index (χ2v) is 4.81. The third kappa shape index (κ3) is 5.15. The van der Waals surface area contributed by atoms with Crippen LogP contribution in [0.4, 0.5) is 13.2 Å². The second kappa shape index (κ2) is 6.20. The first-order valence-electron chi connectivity index (χ1n) is 5.07. The molecule has 1 aromatic rings. The predicted molar refractivity (Wildman–Crippen MR) is 60.4 cm³/mol. The highest BCUT2D eigenvalue weighted by Gasteiger charge is 2.30. The number of alkyl halides is 3. The van der Waals surface area contributed by atoms with Crippen LogP contribution >= 0.6 is 0 Å². The number of hydrogen-bond donors (Lipinski definition) is 1. The number of halogens is 3. The second-order valence-electron chi connectivity index (χ2n) is 3.63. The first-order chi connectivity index (χ1) is 9.13. The fourth-order valence-electron chi connectivity index (χ4n) is 1.35. The van der Waals surface area contributed by atoms with Gasteiger partial charge < -0.3 is 4.74 Å². The first kappa shape index (κ1) is 16.4. The lowest BCUT2D eigenvalue weighted by atomic mass is 10.1. The molecule has 0 aliphatic rings. The molecule has 1 aromatic carbocycles. The van der Waals surface area contributed by atoms with E-state index in [0.29, 0.717) is 0 Å². The minimum absolute atomic E-state index is 0.0452. The van der Waals surface area contributed by atoms with Gasteiger partial charge in [0.1, 0.15) is 12.7 Å². The molecule has 0 saturated heterocycles. The summed E-state index contributed by atoms with van der Waals surface area (Å²) in [6.45, 7) is -0.463. The van der Waals surface area contributed by atoms with Crippen molar-refractivity contribution in [1.82, 2.24) is 0 Å². The number of carbonyl (C=O) groups is 1. The van der Waals surface area contributed by atoms with Gasteiger partial charge in [-0.25, -0.2) is 9.32 Å². The van der Waals surface area contributed by atoms with Gasteiger partial charge in [0.25, 0.3) is 6.47 Å². The monoisotopic (exact) mass is 313 g/mol. The summed E-state index contributed by atoms with van der Waals surface area (Å²) in [6.07, 6.45) is -5.84. The summed E-state index contributed by atoms with van der Waals surface area (Å²) in [6, 6.07) is 3.51. The highest BCUT2D eigenvalue weighted by atomic mass is 32.2. The van der Waals surface area contributed by atoms with E-state index in [2.05, 4.69) is 14.1 Å². The molecule has 0 fully saturated rings. The Morgan fingerprint density at radius 2 is 1.80 bits per heavy atom. The predicted octanol–water partition coefficient (Wildman–Crippen LogP) is 1.14. The van der Waals surface area contributed by atoms with Crippen LogP contribution in [0.3, 0.4) is 0 Å². The van der Waals surface area contributed by atoms with Gasteiger partial charge in [-0.3, -0.25) is 4.79 Å². The molecule has 0 aliphatic heterocycles. The van der Waals surface area contributed by atoms with Gasteiger partial charge in [0.05, 0.1) is 5.56 Å². The SMILES string of the molecule is NS(=O)(=O)OC(COC=O)c1ccc(C(F)(F)F)cc1. The Labute approximate surface area is 112 Å². The van der Waals surface area contributed by atoms with E-state index >= 15 is 0 Å². The summed E-state index contributed by atoms with van der Waals surface area (Å²) in [5.74, 6) is 0. The molecule has 2 N–H and O–H groups in total. The number of carbonyl (C=O) groups excluding carboxylic acids is 1. The van der Waals surface area contributed by atoms with Crippen molar-refractivity contribution >= 4 is 16.8 Å². The molecule has 0 saturated carbocycles. The van der Waals surface area contributed by atoms with Gasteiger partial charge in [-0.2, -0.15) is 21.6 Å². The maximum atomic E-state index is 12.4. The number of benzene rings is 1. The molecule has 10 heteroatoms. The maximum absolute atomic E-state index is 12.4. The average molecular weight is 313 g/mol. The van der Waals surface area contributed by atoms with Crippen LogP contribution < -0.4 is 5.14 Å². The van der Waals surface area contributed by atoms with Crippen LogP contribution in [0.25, 0.3) is 0 Å². The zero-order valence-corrected chi connectivity index (χ0v) is 10.6. The van der Waals surface area contributed by atoms with Crippen molar-refractivity contribution in [1.29, 1.82) is 0 Å².